The Balaban J connectivity index is 0.000000187. The summed E-state index contributed by atoms with van der Waals surface area (Å²) in [4.78, 5) is 0. The summed E-state index contributed by atoms with van der Waals surface area (Å²) in [6, 6.07) is 15.2. The molecule has 0 bridgehead atoms. The Bertz CT molecular complexity index is 1950. The van der Waals surface area contributed by atoms with Gasteiger partial charge in [-0.05, 0) is 207 Å². The molecular formula is C55H72F4O3. The van der Waals surface area contributed by atoms with E-state index >= 15 is 0 Å². The van der Waals surface area contributed by atoms with Crippen molar-refractivity contribution in [2.24, 2.45) is 5.92 Å². The van der Waals surface area contributed by atoms with Crippen molar-refractivity contribution in [3.63, 3.8) is 0 Å². The van der Waals surface area contributed by atoms with Gasteiger partial charge >= 0.3 is 0 Å². The third-order valence-corrected chi connectivity index (χ3v) is 15.2. The molecule has 338 valence electrons. The minimum atomic E-state index is -0.851. The van der Waals surface area contributed by atoms with Crippen LogP contribution in [0, 0.1) is 36.1 Å². The summed E-state index contributed by atoms with van der Waals surface area (Å²) < 4.78 is 75.1. The molecule has 3 aromatic rings. The molecule has 3 aromatic carbocycles. The van der Waals surface area contributed by atoms with Gasteiger partial charge in [-0.15, -0.1) is 0 Å². The summed E-state index contributed by atoms with van der Waals surface area (Å²) in [6.45, 7) is 8.19. The first-order chi connectivity index (χ1) is 30.1. The van der Waals surface area contributed by atoms with Gasteiger partial charge in [0.15, 0.2) is 23.2 Å². The molecule has 5 saturated carbocycles. The van der Waals surface area contributed by atoms with E-state index in [4.69, 9.17) is 14.2 Å². The second kappa shape index (κ2) is 22.4. The third-order valence-electron chi connectivity index (χ3n) is 15.2. The summed E-state index contributed by atoms with van der Waals surface area (Å²) >= 11 is 0. The standard InChI is InChI=1S/C28H34F2O2.C27H38F2O/c1-3-19-5-13-23(14-6-19)32-24-15-11-21(12-16-24)20-7-9-22(10-8-20)25-17-18-26(31-4-2)28(30)27(25)29;1-3-19-5-13-23(14-6-19)30-24-15-11-21(12-16-24)20-7-9-22(10-8-20)25-17-4-18(2)26(28)27(25)29/h5-6,13-14,17-18,22,24H,3-4,7-12,15-16H2,1-2H3;4,17,19,22-24H,3,5-16H2,1-2H3. The Hall–Kier alpha value is -3.58. The van der Waals surface area contributed by atoms with E-state index in [-0.39, 0.29) is 23.7 Å². The zero-order valence-electron chi connectivity index (χ0n) is 38.1. The number of hydrogen-bond acceptors (Lipinski definition) is 3. The van der Waals surface area contributed by atoms with Crippen molar-refractivity contribution in [1.29, 1.82) is 0 Å². The number of benzene rings is 3. The van der Waals surface area contributed by atoms with Crippen molar-refractivity contribution in [3.05, 3.63) is 116 Å². The van der Waals surface area contributed by atoms with E-state index in [1.54, 1.807) is 60.4 Å². The van der Waals surface area contributed by atoms with Crippen molar-refractivity contribution >= 4 is 0 Å². The van der Waals surface area contributed by atoms with Gasteiger partial charge in [-0.1, -0.05) is 72.9 Å². The molecule has 0 aromatic heterocycles. The molecule has 0 aliphatic heterocycles. The predicted molar refractivity (Wildman–Crippen MR) is 243 cm³/mol. The molecule has 0 radical (unpaired) electrons. The fourth-order valence-corrected chi connectivity index (χ4v) is 11.2. The molecule has 7 heteroatoms. The van der Waals surface area contributed by atoms with Crippen LogP contribution >= 0.6 is 0 Å². The molecular weight excluding hydrogens is 785 g/mol. The van der Waals surface area contributed by atoms with Gasteiger partial charge in [0.05, 0.1) is 24.9 Å². The molecule has 3 nitrogen and oxygen atoms in total. The second-order valence-electron chi connectivity index (χ2n) is 19.0. The first-order valence-electron chi connectivity index (χ1n) is 24.5. The van der Waals surface area contributed by atoms with E-state index in [2.05, 4.69) is 38.1 Å². The Kier molecular flexibility index (Phi) is 16.7. The highest BCUT2D eigenvalue weighted by Gasteiger charge is 2.30. The summed E-state index contributed by atoms with van der Waals surface area (Å²) in [7, 11) is 0. The highest BCUT2D eigenvalue weighted by atomic mass is 19.2. The number of allylic oxidation sites excluding steroid dienone is 4. The number of rotatable bonds is 10. The van der Waals surface area contributed by atoms with Gasteiger partial charge in [-0.3, -0.25) is 0 Å². The monoisotopic (exact) mass is 857 g/mol. The lowest BCUT2D eigenvalue weighted by Gasteiger charge is -2.34. The molecule has 8 rings (SSSR count). The SMILES string of the molecule is CCC1CCC(OC2CCC(=C3CCC(c4ccc(C)c(F)c4F)CC3)CC2)CC1.CCOc1ccc(C2CCC(=C3CCC(Oc4ccc(CC)cc4)CC3)CC2)c(F)c1F. The summed E-state index contributed by atoms with van der Waals surface area (Å²) in [5.41, 5.74) is 9.16. The molecule has 0 heterocycles. The fraction of sp³-hybridized carbons (Fsp3) is 0.600. The smallest absolute Gasteiger partial charge is 0.200 e. The topological polar surface area (TPSA) is 27.7 Å². The van der Waals surface area contributed by atoms with Crippen molar-refractivity contribution < 1.29 is 31.8 Å². The van der Waals surface area contributed by atoms with Crippen LogP contribution in [0.15, 0.2) is 70.8 Å². The maximum absolute atomic E-state index is 14.6. The fourth-order valence-electron chi connectivity index (χ4n) is 11.2. The van der Waals surface area contributed by atoms with Crippen LogP contribution in [0.3, 0.4) is 0 Å². The van der Waals surface area contributed by atoms with Crippen LogP contribution in [0.25, 0.3) is 0 Å². The highest BCUT2D eigenvalue weighted by Crippen LogP contribution is 2.43. The molecule has 5 aliphatic carbocycles. The van der Waals surface area contributed by atoms with Crippen LogP contribution < -0.4 is 9.47 Å². The van der Waals surface area contributed by atoms with Gasteiger partial charge in [0.25, 0.3) is 0 Å². The average Bonchev–Trinajstić information content (AvgIpc) is 3.31. The van der Waals surface area contributed by atoms with E-state index in [0.29, 0.717) is 35.5 Å². The lowest BCUT2D eigenvalue weighted by molar-refractivity contribution is -0.0471. The third kappa shape index (κ3) is 11.8. The van der Waals surface area contributed by atoms with Crippen LogP contribution in [-0.2, 0) is 11.2 Å². The van der Waals surface area contributed by atoms with Crippen molar-refractivity contribution in [2.75, 3.05) is 6.61 Å². The molecule has 5 fully saturated rings. The average molecular weight is 857 g/mol. The van der Waals surface area contributed by atoms with Gasteiger partial charge < -0.3 is 14.2 Å². The maximum Gasteiger partial charge on any atom is 0.200 e. The lowest BCUT2D eigenvalue weighted by Crippen LogP contribution is -2.28. The summed E-state index contributed by atoms with van der Waals surface area (Å²) in [5, 5.41) is 0. The van der Waals surface area contributed by atoms with Crippen LogP contribution in [0.4, 0.5) is 17.6 Å². The maximum atomic E-state index is 14.6. The molecule has 0 unspecified atom stereocenters. The first kappa shape index (κ1) is 46.4. The zero-order chi connectivity index (χ0) is 43.6. The molecule has 0 spiro atoms. The van der Waals surface area contributed by atoms with Crippen LogP contribution in [-0.4, -0.2) is 24.9 Å². The number of halogens is 4. The summed E-state index contributed by atoms with van der Waals surface area (Å²) in [6.07, 6.45) is 25.4. The minimum absolute atomic E-state index is 0.00709. The van der Waals surface area contributed by atoms with Gasteiger partial charge in [0.1, 0.15) is 5.75 Å². The highest BCUT2D eigenvalue weighted by molar-refractivity contribution is 5.35. The van der Waals surface area contributed by atoms with E-state index in [1.165, 1.54) is 50.5 Å². The van der Waals surface area contributed by atoms with E-state index in [0.717, 1.165) is 108 Å². The number of aryl methyl sites for hydroxylation is 2. The van der Waals surface area contributed by atoms with Crippen LogP contribution in [0.2, 0.25) is 0 Å². The Morgan fingerprint density at radius 2 is 0.952 bits per heavy atom. The first-order valence-corrected chi connectivity index (χ1v) is 24.5. The van der Waals surface area contributed by atoms with Crippen molar-refractivity contribution in [2.45, 2.75) is 199 Å². The van der Waals surface area contributed by atoms with Gasteiger partial charge in [-0.2, -0.15) is 4.39 Å². The Morgan fingerprint density at radius 1 is 0.484 bits per heavy atom. The predicted octanol–water partition coefficient (Wildman–Crippen LogP) is 16.1. The largest absolute Gasteiger partial charge is 0.491 e. The molecule has 0 N–H and O–H groups in total. The van der Waals surface area contributed by atoms with Crippen molar-refractivity contribution in [1.82, 2.24) is 0 Å². The quantitative estimate of drug-likeness (QED) is 0.150. The lowest BCUT2D eigenvalue weighted by atomic mass is 9.77. The second-order valence-corrected chi connectivity index (χ2v) is 19.0. The molecule has 0 amide bonds. The molecule has 0 saturated heterocycles. The zero-order valence-corrected chi connectivity index (χ0v) is 38.1. The summed E-state index contributed by atoms with van der Waals surface area (Å²) in [5.74, 6) is -0.746. The van der Waals surface area contributed by atoms with Crippen molar-refractivity contribution in [3.8, 4) is 11.5 Å². The normalized spacial score (nSPS) is 25.9. The van der Waals surface area contributed by atoms with Gasteiger partial charge in [-0.25, -0.2) is 13.2 Å². The van der Waals surface area contributed by atoms with Crippen LogP contribution in [0.5, 0.6) is 11.5 Å². The van der Waals surface area contributed by atoms with E-state index < -0.39 is 23.3 Å². The molecule has 5 aliphatic rings. The van der Waals surface area contributed by atoms with E-state index in [9.17, 15) is 17.6 Å². The molecule has 62 heavy (non-hydrogen) atoms. The van der Waals surface area contributed by atoms with E-state index in [1.807, 2.05) is 0 Å². The Morgan fingerprint density at radius 3 is 1.45 bits per heavy atom. The van der Waals surface area contributed by atoms with Gasteiger partial charge in [0.2, 0.25) is 5.82 Å². The number of hydrogen-bond donors (Lipinski definition) is 0. The molecule has 0 atom stereocenters. The Labute approximate surface area is 370 Å². The number of ether oxygens (including phenoxy) is 3. The minimum Gasteiger partial charge on any atom is -0.491 e. The van der Waals surface area contributed by atoms with Gasteiger partial charge in [0, 0.05) is 0 Å². The van der Waals surface area contributed by atoms with Crippen LogP contribution in [0.1, 0.15) is 190 Å².